The number of amides is 1. The van der Waals surface area contributed by atoms with Gasteiger partial charge in [0.25, 0.3) is 5.91 Å². The Kier molecular flexibility index (Phi) is 4.46. The lowest BCUT2D eigenvalue weighted by atomic mass is 10.0. The lowest BCUT2D eigenvalue weighted by Gasteiger charge is -2.22. The summed E-state index contributed by atoms with van der Waals surface area (Å²) in [4.78, 5) is 14.0. The number of nitrogens with zero attached hydrogens (tertiary/aromatic N) is 1. The van der Waals surface area contributed by atoms with Crippen LogP contribution in [0.5, 0.6) is 5.75 Å². The molecule has 118 valence electrons. The predicted molar refractivity (Wildman–Crippen MR) is 89.1 cm³/mol. The van der Waals surface area contributed by atoms with E-state index in [-0.39, 0.29) is 21.4 Å². The van der Waals surface area contributed by atoms with Gasteiger partial charge >= 0.3 is 0 Å². The van der Waals surface area contributed by atoms with Crippen molar-refractivity contribution < 1.29 is 14.6 Å². The lowest BCUT2D eigenvalue weighted by Crippen LogP contribution is -2.23. The number of phenolic OH excluding ortho intramolecular Hbond substituents is 1. The lowest BCUT2D eigenvalue weighted by molar-refractivity contribution is 0.0852. The Labute approximate surface area is 143 Å². The summed E-state index contributed by atoms with van der Waals surface area (Å²) in [5, 5.41) is 10.3. The zero-order chi connectivity index (χ0) is 16.4. The predicted octanol–water partition coefficient (Wildman–Crippen LogP) is 4.76. The van der Waals surface area contributed by atoms with E-state index in [1.54, 1.807) is 6.20 Å². The number of halogens is 2. The van der Waals surface area contributed by atoms with Gasteiger partial charge in [0, 0.05) is 11.2 Å². The quantitative estimate of drug-likeness (QED) is 0.837. The topological polar surface area (TPSA) is 49.8 Å². The molecule has 0 fully saturated rings. The number of allylic oxidation sites excluding steroid dienone is 4. The molecule has 0 unspecified atom stereocenters. The van der Waals surface area contributed by atoms with Gasteiger partial charge in [0.2, 0.25) is 0 Å². The molecule has 23 heavy (non-hydrogen) atoms. The normalized spacial score (nSPS) is 16.7. The Balaban J connectivity index is 1.92. The molecular weight excluding hydrogens is 337 g/mol. The van der Waals surface area contributed by atoms with E-state index in [1.807, 2.05) is 12.2 Å². The monoisotopic (exact) mass is 349 g/mol. The molecule has 1 aromatic carbocycles. The molecule has 0 aromatic heterocycles. The van der Waals surface area contributed by atoms with Crippen LogP contribution in [-0.2, 0) is 4.74 Å². The molecule has 2 aliphatic rings. The number of carbonyl (C=O) groups is 1. The van der Waals surface area contributed by atoms with Crippen molar-refractivity contribution in [1.82, 2.24) is 4.90 Å². The van der Waals surface area contributed by atoms with Crippen molar-refractivity contribution in [2.45, 2.75) is 12.8 Å². The van der Waals surface area contributed by atoms with Crippen LogP contribution in [0.2, 0.25) is 10.0 Å². The molecular formula is C17H13Cl2NO3. The van der Waals surface area contributed by atoms with Gasteiger partial charge in [0.05, 0.1) is 16.8 Å². The van der Waals surface area contributed by atoms with E-state index in [4.69, 9.17) is 27.9 Å². The van der Waals surface area contributed by atoms with Gasteiger partial charge in [-0.1, -0.05) is 41.4 Å². The second kappa shape index (κ2) is 6.52. The summed E-state index contributed by atoms with van der Waals surface area (Å²) in [6.45, 7) is 0. The van der Waals surface area contributed by atoms with Crippen molar-refractivity contribution in [1.29, 1.82) is 0 Å². The maximum Gasteiger partial charge on any atom is 0.265 e. The molecule has 1 amide bonds. The van der Waals surface area contributed by atoms with Crippen molar-refractivity contribution in [3.05, 3.63) is 76.0 Å². The molecule has 0 saturated carbocycles. The van der Waals surface area contributed by atoms with E-state index in [0.717, 1.165) is 18.4 Å². The van der Waals surface area contributed by atoms with Crippen LogP contribution in [0.25, 0.3) is 0 Å². The minimum absolute atomic E-state index is 0.0298. The third-order valence-corrected chi connectivity index (χ3v) is 4.00. The van der Waals surface area contributed by atoms with Gasteiger partial charge < -0.3 is 9.84 Å². The van der Waals surface area contributed by atoms with Crippen LogP contribution in [0.15, 0.2) is 60.4 Å². The fourth-order valence-corrected chi connectivity index (χ4v) is 2.82. The summed E-state index contributed by atoms with van der Waals surface area (Å²) >= 11 is 11.8. The molecule has 0 saturated heterocycles. The molecule has 1 aliphatic carbocycles. The van der Waals surface area contributed by atoms with Gasteiger partial charge in [0.1, 0.15) is 17.8 Å². The molecule has 3 rings (SSSR count). The van der Waals surface area contributed by atoms with Crippen LogP contribution in [-0.4, -0.2) is 15.9 Å². The molecule has 4 nitrogen and oxygen atoms in total. The van der Waals surface area contributed by atoms with E-state index >= 15 is 0 Å². The van der Waals surface area contributed by atoms with Crippen LogP contribution in [0.4, 0.5) is 0 Å². The first-order valence-corrected chi connectivity index (χ1v) is 7.74. The van der Waals surface area contributed by atoms with Crippen LogP contribution in [0, 0.1) is 0 Å². The highest BCUT2D eigenvalue weighted by Gasteiger charge is 2.22. The first kappa shape index (κ1) is 15.7. The summed E-state index contributed by atoms with van der Waals surface area (Å²) in [6.07, 6.45) is 12.2. The van der Waals surface area contributed by atoms with E-state index in [0.29, 0.717) is 5.76 Å². The molecule has 1 N–H and O–H groups in total. The highest BCUT2D eigenvalue weighted by molar-refractivity contribution is 6.36. The molecule has 1 aromatic rings. The zero-order valence-electron chi connectivity index (χ0n) is 12.0. The molecule has 6 heteroatoms. The number of hydrogen-bond donors (Lipinski definition) is 1. The van der Waals surface area contributed by atoms with Crippen LogP contribution in [0.1, 0.15) is 23.2 Å². The summed E-state index contributed by atoms with van der Waals surface area (Å²) in [5.41, 5.74) is 1.03. The second-order valence-electron chi connectivity index (χ2n) is 5.05. The van der Waals surface area contributed by atoms with Crippen molar-refractivity contribution in [3.63, 3.8) is 0 Å². The summed E-state index contributed by atoms with van der Waals surface area (Å²) in [7, 11) is 0. The average Bonchev–Trinajstić information content (AvgIpc) is 2.58. The Bertz CT molecular complexity index is 778. The number of rotatable bonds is 2. The highest BCUT2D eigenvalue weighted by Crippen LogP contribution is 2.33. The van der Waals surface area contributed by atoms with E-state index < -0.39 is 5.91 Å². The fourth-order valence-electron chi connectivity index (χ4n) is 2.33. The molecule has 1 heterocycles. The second-order valence-corrected chi connectivity index (χ2v) is 5.89. The molecule has 0 atom stereocenters. The zero-order valence-corrected chi connectivity index (χ0v) is 13.5. The van der Waals surface area contributed by atoms with Crippen LogP contribution in [0.3, 0.4) is 0 Å². The first-order valence-electron chi connectivity index (χ1n) is 6.98. The van der Waals surface area contributed by atoms with Gasteiger partial charge in [0.15, 0.2) is 0 Å². The van der Waals surface area contributed by atoms with Crippen molar-refractivity contribution >= 4 is 29.1 Å². The Morgan fingerprint density at radius 3 is 2.87 bits per heavy atom. The average molecular weight is 350 g/mol. The molecule has 1 aliphatic heterocycles. The molecule has 0 radical (unpaired) electrons. The summed E-state index contributed by atoms with van der Waals surface area (Å²) < 4.78 is 5.48. The minimum Gasteiger partial charge on any atom is -0.506 e. The fraction of sp³-hybridized carbons (Fsp3) is 0.118. The summed E-state index contributed by atoms with van der Waals surface area (Å²) in [6, 6.07) is 2.76. The van der Waals surface area contributed by atoms with E-state index in [1.165, 1.54) is 29.5 Å². The van der Waals surface area contributed by atoms with Gasteiger partial charge in [-0.2, -0.15) is 0 Å². The maximum absolute atomic E-state index is 12.6. The van der Waals surface area contributed by atoms with Gasteiger partial charge in [-0.25, -0.2) is 0 Å². The standard InChI is InChI=1S/C17H13Cl2NO3/c18-12-8-13(16(21)14(19)9-12)17(22)20-6-7-23-15(10-20)11-4-2-1-3-5-11/h1-2,4,6-10,21H,3,5H2. The number of aromatic hydroxyl groups is 1. The van der Waals surface area contributed by atoms with Crippen LogP contribution < -0.4 is 0 Å². The minimum atomic E-state index is -0.448. The van der Waals surface area contributed by atoms with Crippen molar-refractivity contribution in [2.75, 3.05) is 0 Å². The first-order chi connectivity index (χ1) is 11.1. The Morgan fingerprint density at radius 1 is 1.30 bits per heavy atom. The number of benzene rings is 1. The summed E-state index contributed by atoms with van der Waals surface area (Å²) in [5.74, 6) is -0.149. The number of ether oxygens (including phenoxy) is 1. The SMILES string of the molecule is O=C(c1cc(Cl)cc(Cl)c1O)N1C=COC(C2=CC=CCC2)=C1. The molecule has 0 bridgehead atoms. The van der Waals surface area contributed by atoms with Crippen molar-refractivity contribution in [2.24, 2.45) is 0 Å². The largest absolute Gasteiger partial charge is 0.506 e. The smallest absolute Gasteiger partial charge is 0.265 e. The third kappa shape index (κ3) is 3.28. The van der Waals surface area contributed by atoms with E-state index in [9.17, 15) is 9.90 Å². The van der Waals surface area contributed by atoms with Gasteiger partial charge in [-0.15, -0.1) is 0 Å². The van der Waals surface area contributed by atoms with Gasteiger partial charge in [-0.3, -0.25) is 9.69 Å². The van der Waals surface area contributed by atoms with Gasteiger partial charge in [-0.05, 0) is 30.5 Å². The number of hydrogen-bond acceptors (Lipinski definition) is 3. The van der Waals surface area contributed by atoms with E-state index in [2.05, 4.69) is 6.08 Å². The van der Waals surface area contributed by atoms with Crippen molar-refractivity contribution in [3.8, 4) is 5.75 Å². The maximum atomic E-state index is 12.6. The van der Waals surface area contributed by atoms with Crippen LogP contribution >= 0.6 is 23.2 Å². The highest BCUT2D eigenvalue weighted by atomic mass is 35.5. The number of phenols is 1. The Hall–Kier alpha value is -2.17. The Morgan fingerprint density at radius 2 is 2.13 bits per heavy atom. The molecule has 0 spiro atoms. The third-order valence-electron chi connectivity index (χ3n) is 3.50. The number of carbonyl (C=O) groups excluding carboxylic acids is 1.